The lowest BCUT2D eigenvalue weighted by molar-refractivity contribution is -0.117. The smallest absolute Gasteiger partial charge is 0.266 e. The van der Waals surface area contributed by atoms with Crippen molar-refractivity contribution in [1.82, 2.24) is 0 Å². The van der Waals surface area contributed by atoms with Gasteiger partial charge in [0.1, 0.15) is 11.6 Å². The number of nitrogens with zero attached hydrogens (tertiary/aromatic N) is 2. The molecule has 1 heterocycles. The summed E-state index contributed by atoms with van der Waals surface area (Å²) >= 11 is 0. The SMILES string of the molecule is N#CC1=C(C(F)(F)F)C2CCCCC2=NC1=O. The first kappa shape index (κ1) is 11.8. The van der Waals surface area contributed by atoms with E-state index in [2.05, 4.69) is 4.99 Å². The highest BCUT2D eigenvalue weighted by Gasteiger charge is 2.47. The highest BCUT2D eigenvalue weighted by Crippen LogP contribution is 2.42. The molecule has 1 aliphatic carbocycles. The number of nitriles is 1. The van der Waals surface area contributed by atoms with Crippen molar-refractivity contribution in [3.63, 3.8) is 0 Å². The van der Waals surface area contributed by atoms with E-state index >= 15 is 0 Å². The van der Waals surface area contributed by atoms with E-state index in [-0.39, 0.29) is 5.71 Å². The van der Waals surface area contributed by atoms with Gasteiger partial charge in [-0.25, -0.2) is 4.99 Å². The van der Waals surface area contributed by atoms with Crippen molar-refractivity contribution < 1.29 is 18.0 Å². The second kappa shape index (κ2) is 3.99. The van der Waals surface area contributed by atoms with Gasteiger partial charge in [-0.1, -0.05) is 6.42 Å². The first-order valence-electron chi connectivity index (χ1n) is 5.28. The fraction of sp³-hybridized carbons (Fsp3) is 0.545. The van der Waals surface area contributed by atoms with Gasteiger partial charge in [-0.15, -0.1) is 0 Å². The van der Waals surface area contributed by atoms with Gasteiger partial charge in [0, 0.05) is 11.6 Å². The number of dihydropyridines is 1. The number of allylic oxidation sites excluding steroid dienone is 1. The van der Waals surface area contributed by atoms with E-state index in [1.54, 1.807) is 0 Å². The summed E-state index contributed by atoms with van der Waals surface area (Å²) < 4.78 is 38.7. The highest BCUT2D eigenvalue weighted by atomic mass is 19.4. The summed E-state index contributed by atoms with van der Waals surface area (Å²) in [6, 6.07) is 1.35. The molecule has 1 amide bonds. The number of fused-ring (bicyclic) bond motifs is 1. The predicted molar refractivity (Wildman–Crippen MR) is 53.1 cm³/mol. The molecule has 1 atom stereocenters. The van der Waals surface area contributed by atoms with Crippen LogP contribution in [0.1, 0.15) is 25.7 Å². The minimum atomic E-state index is -4.64. The van der Waals surface area contributed by atoms with E-state index in [0.717, 1.165) is 6.42 Å². The summed E-state index contributed by atoms with van der Waals surface area (Å²) in [5.41, 5.74) is -1.55. The number of halogens is 3. The minimum absolute atomic E-state index is 0.285. The minimum Gasteiger partial charge on any atom is -0.266 e. The molecular formula is C11H9F3N2O. The van der Waals surface area contributed by atoms with E-state index in [4.69, 9.17) is 5.26 Å². The molecule has 0 saturated heterocycles. The molecule has 0 N–H and O–H groups in total. The lowest BCUT2D eigenvalue weighted by atomic mass is 9.78. The maximum atomic E-state index is 12.9. The number of rotatable bonds is 0. The normalized spacial score (nSPS) is 25.2. The third-order valence-corrected chi connectivity index (χ3v) is 3.07. The Morgan fingerprint density at radius 3 is 2.65 bits per heavy atom. The van der Waals surface area contributed by atoms with Crippen LogP contribution in [0.25, 0.3) is 0 Å². The summed E-state index contributed by atoms with van der Waals surface area (Å²) in [6.07, 6.45) is -2.50. The molecule has 1 fully saturated rings. The van der Waals surface area contributed by atoms with E-state index in [0.29, 0.717) is 19.3 Å². The molecule has 1 unspecified atom stereocenters. The molecule has 0 aromatic heterocycles. The van der Waals surface area contributed by atoms with E-state index in [1.807, 2.05) is 0 Å². The molecular weight excluding hydrogens is 233 g/mol. The summed E-state index contributed by atoms with van der Waals surface area (Å²) in [5.74, 6) is -1.94. The van der Waals surface area contributed by atoms with Gasteiger partial charge in [0.15, 0.2) is 0 Å². The third-order valence-electron chi connectivity index (χ3n) is 3.07. The Labute approximate surface area is 95.6 Å². The van der Waals surface area contributed by atoms with Crippen molar-refractivity contribution in [3.8, 4) is 6.07 Å². The second-order valence-electron chi connectivity index (χ2n) is 4.10. The Morgan fingerprint density at radius 2 is 2.06 bits per heavy atom. The van der Waals surface area contributed by atoms with Gasteiger partial charge in [-0.3, -0.25) is 4.79 Å². The highest BCUT2D eigenvalue weighted by molar-refractivity contribution is 6.11. The Kier molecular flexibility index (Phi) is 2.77. The van der Waals surface area contributed by atoms with Crippen LogP contribution in [0, 0.1) is 17.2 Å². The number of aliphatic imine (C=N–C) groups is 1. The fourth-order valence-electron chi connectivity index (χ4n) is 2.36. The zero-order chi connectivity index (χ0) is 12.6. The van der Waals surface area contributed by atoms with Crippen LogP contribution in [-0.4, -0.2) is 17.8 Å². The van der Waals surface area contributed by atoms with Crippen molar-refractivity contribution in [2.75, 3.05) is 0 Å². The van der Waals surface area contributed by atoms with Crippen molar-refractivity contribution >= 4 is 11.6 Å². The molecule has 90 valence electrons. The van der Waals surface area contributed by atoms with Gasteiger partial charge in [-0.2, -0.15) is 18.4 Å². The monoisotopic (exact) mass is 242 g/mol. The molecule has 0 aromatic rings. The van der Waals surface area contributed by atoms with Crippen LogP contribution >= 0.6 is 0 Å². The number of carbonyl (C=O) groups is 1. The van der Waals surface area contributed by atoms with E-state index in [9.17, 15) is 18.0 Å². The molecule has 0 spiro atoms. The van der Waals surface area contributed by atoms with Gasteiger partial charge in [0.2, 0.25) is 0 Å². The summed E-state index contributed by atoms with van der Waals surface area (Å²) in [4.78, 5) is 15.0. The number of hydrogen-bond acceptors (Lipinski definition) is 2. The first-order valence-corrected chi connectivity index (χ1v) is 5.28. The molecule has 0 radical (unpaired) electrons. The summed E-state index contributed by atoms with van der Waals surface area (Å²) in [5, 5.41) is 8.69. The van der Waals surface area contributed by atoms with Crippen molar-refractivity contribution in [1.29, 1.82) is 5.26 Å². The summed E-state index contributed by atoms with van der Waals surface area (Å²) in [7, 11) is 0. The van der Waals surface area contributed by atoms with Gasteiger partial charge in [0.25, 0.3) is 5.91 Å². The maximum Gasteiger partial charge on any atom is 0.414 e. The molecule has 1 aliphatic heterocycles. The lowest BCUT2D eigenvalue weighted by Gasteiger charge is -2.30. The topological polar surface area (TPSA) is 53.2 Å². The van der Waals surface area contributed by atoms with Crippen molar-refractivity contribution in [3.05, 3.63) is 11.1 Å². The Bertz CT molecular complexity index is 468. The lowest BCUT2D eigenvalue weighted by Crippen LogP contribution is -2.35. The number of hydrogen-bond donors (Lipinski definition) is 0. The predicted octanol–water partition coefficient (Wildman–Crippen LogP) is 2.54. The van der Waals surface area contributed by atoms with Crippen LogP contribution in [0.2, 0.25) is 0 Å². The van der Waals surface area contributed by atoms with Gasteiger partial charge >= 0.3 is 6.18 Å². The van der Waals surface area contributed by atoms with Crippen LogP contribution < -0.4 is 0 Å². The van der Waals surface area contributed by atoms with Crippen molar-refractivity contribution in [2.24, 2.45) is 10.9 Å². The molecule has 1 saturated carbocycles. The first-order chi connectivity index (χ1) is 7.95. The van der Waals surface area contributed by atoms with Crippen molar-refractivity contribution in [2.45, 2.75) is 31.9 Å². The molecule has 17 heavy (non-hydrogen) atoms. The summed E-state index contributed by atoms with van der Waals surface area (Å²) in [6.45, 7) is 0. The van der Waals surface area contributed by atoms with Gasteiger partial charge in [0.05, 0.1) is 5.57 Å². The van der Waals surface area contributed by atoms with E-state index < -0.39 is 29.1 Å². The maximum absolute atomic E-state index is 12.9. The standard InChI is InChI=1S/C11H9F3N2O/c12-11(13,14)9-6-3-1-2-4-8(6)16-10(17)7(9)5-15/h6H,1-4H2. The Hall–Kier alpha value is -1.64. The third kappa shape index (κ3) is 1.97. The average Bonchev–Trinajstić information content (AvgIpc) is 2.25. The second-order valence-corrected chi connectivity index (χ2v) is 4.10. The molecule has 3 nitrogen and oxygen atoms in total. The molecule has 0 aromatic carbocycles. The number of carbonyl (C=O) groups excluding carboxylic acids is 1. The van der Waals surface area contributed by atoms with Crippen LogP contribution in [0.15, 0.2) is 16.1 Å². The molecule has 0 bridgehead atoms. The Balaban J connectivity index is 2.54. The molecule has 6 heteroatoms. The van der Waals surface area contributed by atoms with Crippen LogP contribution in [0.5, 0.6) is 0 Å². The van der Waals surface area contributed by atoms with Crippen LogP contribution in [-0.2, 0) is 4.79 Å². The zero-order valence-corrected chi connectivity index (χ0v) is 8.84. The van der Waals surface area contributed by atoms with Gasteiger partial charge in [-0.05, 0) is 19.3 Å². The Morgan fingerprint density at radius 1 is 1.35 bits per heavy atom. The van der Waals surface area contributed by atoms with Gasteiger partial charge < -0.3 is 0 Å². The van der Waals surface area contributed by atoms with Crippen LogP contribution in [0.3, 0.4) is 0 Å². The quantitative estimate of drug-likeness (QED) is 0.655. The zero-order valence-electron chi connectivity index (χ0n) is 8.84. The number of amides is 1. The average molecular weight is 242 g/mol. The van der Waals surface area contributed by atoms with E-state index in [1.165, 1.54) is 6.07 Å². The largest absolute Gasteiger partial charge is 0.414 e. The van der Waals surface area contributed by atoms with Crippen LogP contribution in [0.4, 0.5) is 13.2 Å². The molecule has 2 aliphatic rings. The molecule has 2 rings (SSSR count). The number of alkyl halides is 3. The fourth-order valence-corrected chi connectivity index (χ4v) is 2.36.